The van der Waals surface area contributed by atoms with Gasteiger partial charge in [-0.25, -0.2) is 0 Å². The molecule has 0 spiro atoms. The van der Waals surface area contributed by atoms with E-state index in [-0.39, 0.29) is 0 Å². The Morgan fingerprint density at radius 2 is 2.11 bits per heavy atom. The molecule has 0 aliphatic heterocycles. The van der Waals surface area contributed by atoms with Gasteiger partial charge in [-0.1, -0.05) is 25.0 Å². The molecule has 0 bridgehead atoms. The largest absolute Gasteiger partial charge is 0.314 e. The van der Waals surface area contributed by atoms with Crippen molar-refractivity contribution in [2.75, 3.05) is 20.1 Å². The van der Waals surface area contributed by atoms with Crippen LogP contribution in [0.1, 0.15) is 45.7 Å². The molecule has 1 N–H and O–H groups in total. The van der Waals surface area contributed by atoms with E-state index in [1.807, 2.05) is 17.9 Å². The molecule has 0 unspecified atom stereocenters. The zero-order valence-corrected chi connectivity index (χ0v) is 12.9. The number of hydrogen-bond acceptors (Lipinski definition) is 4. The summed E-state index contributed by atoms with van der Waals surface area (Å²) in [5, 5.41) is 11.4. The van der Waals surface area contributed by atoms with Crippen molar-refractivity contribution in [2.24, 2.45) is 0 Å². The summed E-state index contributed by atoms with van der Waals surface area (Å²) in [6.07, 6.45) is 5.92. The molecule has 5 heteroatoms. The van der Waals surface area contributed by atoms with Crippen molar-refractivity contribution >= 4 is 0 Å². The second-order valence-electron chi connectivity index (χ2n) is 5.34. The summed E-state index contributed by atoms with van der Waals surface area (Å²) in [4.78, 5) is 2.52. The van der Waals surface area contributed by atoms with Crippen LogP contribution < -0.4 is 5.32 Å². The van der Waals surface area contributed by atoms with Gasteiger partial charge in [-0.05, 0) is 33.9 Å². The number of nitrogens with one attached hydrogen (secondary N) is 1. The highest BCUT2D eigenvalue weighted by molar-refractivity contribution is 4.91. The molecule has 0 saturated heterocycles. The van der Waals surface area contributed by atoms with Gasteiger partial charge in [-0.15, -0.1) is 5.10 Å². The van der Waals surface area contributed by atoms with Crippen LogP contribution in [0.5, 0.6) is 0 Å². The minimum atomic E-state index is 0.595. The Morgan fingerprint density at radius 1 is 1.32 bits per heavy atom. The fraction of sp³-hybridized carbons (Fsp3) is 0.857. The van der Waals surface area contributed by atoms with E-state index in [1.165, 1.54) is 25.8 Å². The minimum Gasteiger partial charge on any atom is -0.314 e. The Kier molecular flexibility index (Phi) is 7.67. The van der Waals surface area contributed by atoms with E-state index < -0.39 is 0 Å². The van der Waals surface area contributed by atoms with Gasteiger partial charge in [0.05, 0.1) is 12.2 Å². The number of aromatic nitrogens is 3. The lowest BCUT2D eigenvalue weighted by Gasteiger charge is -2.26. The molecule has 0 saturated carbocycles. The van der Waals surface area contributed by atoms with Gasteiger partial charge in [0.15, 0.2) is 0 Å². The van der Waals surface area contributed by atoms with Crippen molar-refractivity contribution in [3.8, 4) is 0 Å². The molecule has 19 heavy (non-hydrogen) atoms. The van der Waals surface area contributed by atoms with Gasteiger partial charge in [0.25, 0.3) is 0 Å². The third-order valence-corrected chi connectivity index (χ3v) is 3.34. The summed E-state index contributed by atoms with van der Waals surface area (Å²) >= 11 is 0. The number of rotatable bonds is 10. The molecule has 0 aromatic carbocycles. The molecule has 0 amide bonds. The maximum atomic E-state index is 4.16. The lowest BCUT2D eigenvalue weighted by atomic mass is 10.2. The second kappa shape index (κ2) is 9.04. The highest BCUT2D eigenvalue weighted by Gasteiger charge is 2.09. The zero-order valence-electron chi connectivity index (χ0n) is 12.9. The monoisotopic (exact) mass is 267 g/mol. The standard InChI is InChI=1S/C14H29N5/c1-5-6-7-8-18(13(2)3)9-10-19-12-14(11-15-4)16-17-19/h12-13,15H,5-11H2,1-4H3. The Bertz CT molecular complexity index is 334. The van der Waals surface area contributed by atoms with Gasteiger partial charge < -0.3 is 5.32 Å². The summed E-state index contributed by atoms with van der Waals surface area (Å²) in [5.74, 6) is 0. The van der Waals surface area contributed by atoms with Crippen LogP contribution >= 0.6 is 0 Å². The average Bonchev–Trinajstić information content (AvgIpc) is 2.81. The van der Waals surface area contributed by atoms with E-state index in [9.17, 15) is 0 Å². The fourth-order valence-electron chi connectivity index (χ4n) is 2.13. The van der Waals surface area contributed by atoms with Crippen LogP contribution in [-0.2, 0) is 13.1 Å². The Hall–Kier alpha value is -0.940. The first-order chi connectivity index (χ1) is 9.17. The SMILES string of the molecule is CCCCCN(CCn1cc(CNC)nn1)C(C)C. The second-order valence-corrected chi connectivity index (χ2v) is 5.34. The molecule has 1 aromatic heterocycles. The lowest BCUT2D eigenvalue weighted by molar-refractivity contribution is 0.205. The van der Waals surface area contributed by atoms with Crippen LogP contribution in [0.15, 0.2) is 6.20 Å². The van der Waals surface area contributed by atoms with Gasteiger partial charge in [-0.3, -0.25) is 9.58 Å². The first-order valence-corrected chi connectivity index (χ1v) is 7.45. The van der Waals surface area contributed by atoms with Crippen LogP contribution in [0.4, 0.5) is 0 Å². The van der Waals surface area contributed by atoms with E-state index in [0.29, 0.717) is 6.04 Å². The fourth-order valence-corrected chi connectivity index (χ4v) is 2.13. The maximum absolute atomic E-state index is 4.16. The molecule has 0 atom stereocenters. The molecule has 1 aromatic rings. The number of unbranched alkanes of at least 4 members (excludes halogenated alkanes) is 2. The smallest absolute Gasteiger partial charge is 0.0964 e. The molecule has 1 rings (SSSR count). The van der Waals surface area contributed by atoms with Gasteiger partial charge in [0, 0.05) is 25.3 Å². The molecule has 5 nitrogen and oxygen atoms in total. The Labute approximate surface area is 117 Å². The van der Waals surface area contributed by atoms with Gasteiger partial charge >= 0.3 is 0 Å². The van der Waals surface area contributed by atoms with E-state index in [1.54, 1.807) is 0 Å². The van der Waals surface area contributed by atoms with Crippen LogP contribution in [0.2, 0.25) is 0 Å². The summed E-state index contributed by atoms with van der Waals surface area (Å²) < 4.78 is 1.95. The highest BCUT2D eigenvalue weighted by atomic mass is 15.4. The van der Waals surface area contributed by atoms with Gasteiger partial charge in [0.1, 0.15) is 0 Å². The predicted octanol–water partition coefficient (Wildman–Crippen LogP) is 1.90. The predicted molar refractivity (Wildman–Crippen MR) is 79.0 cm³/mol. The van der Waals surface area contributed by atoms with E-state index in [2.05, 4.69) is 41.3 Å². The molecule has 0 radical (unpaired) electrons. The van der Waals surface area contributed by atoms with Crippen LogP contribution in [0, 0.1) is 0 Å². The first-order valence-electron chi connectivity index (χ1n) is 7.45. The van der Waals surface area contributed by atoms with E-state index in [0.717, 1.165) is 25.3 Å². The number of nitrogens with zero attached hydrogens (tertiary/aromatic N) is 4. The molecule has 110 valence electrons. The molecule has 0 aliphatic rings. The first kappa shape index (κ1) is 16.1. The maximum Gasteiger partial charge on any atom is 0.0964 e. The van der Waals surface area contributed by atoms with E-state index in [4.69, 9.17) is 0 Å². The summed E-state index contributed by atoms with van der Waals surface area (Å²) in [5.41, 5.74) is 1.00. The molecule has 0 fully saturated rings. The Balaban J connectivity index is 2.37. The van der Waals surface area contributed by atoms with Crippen molar-refractivity contribution in [3.05, 3.63) is 11.9 Å². The lowest BCUT2D eigenvalue weighted by Crippen LogP contribution is -2.34. The van der Waals surface area contributed by atoms with Crippen molar-refractivity contribution in [3.63, 3.8) is 0 Å². The number of hydrogen-bond donors (Lipinski definition) is 1. The van der Waals surface area contributed by atoms with Crippen LogP contribution in [-0.4, -0.2) is 46.1 Å². The topological polar surface area (TPSA) is 46.0 Å². The zero-order chi connectivity index (χ0) is 14.1. The molecular weight excluding hydrogens is 238 g/mol. The summed E-state index contributed by atoms with van der Waals surface area (Å²) in [6.45, 7) is 10.7. The minimum absolute atomic E-state index is 0.595. The summed E-state index contributed by atoms with van der Waals surface area (Å²) in [6, 6.07) is 0.595. The third-order valence-electron chi connectivity index (χ3n) is 3.34. The molecular formula is C14H29N5. The van der Waals surface area contributed by atoms with Crippen LogP contribution in [0.3, 0.4) is 0 Å². The Morgan fingerprint density at radius 3 is 2.74 bits per heavy atom. The van der Waals surface area contributed by atoms with Gasteiger partial charge in [0.2, 0.25) is 0 Å². The van der Waals surface area contributed by atoms with Crippen molar-refractivity contribution in [1.29, 1.82) is 0 Å². The van der Waals surface area contributed by atoms with E-state index >= 15 is 0 Å². The quantitative estimate of drug-likeness (QED) is 0.658. The highest BCUT2D eigenvalue weighted by Crippen LogP contribution is 2.04. The third kappa shape index (κ3) is 6.16. The van der Waals surface area contributed by atoms with Crippen molar-refractivity contribution < 1.29 is 0 Å². The summed E-state index contributed by atoms with van der Waals surface area (Å²) in [7, 11) is 1.92. The average molecular weight is 267 g/mol. The van der Waals surface area contributed by atoms with Crippen molar-refractivity contribution in [2.45, 2.75) is 59.2 Å². The van der Waals surface area contributed by atoms with Crippen LogP contribution in [0.25, 0.3) is 0 Å². The van der Waals surface area contributed by atoms with Crippen molar-refractivity contribution in [1.82, 2.24) is 25.2 Å². The molecule has 1 heterocycles. The van der Waals surface area contributed by atoms with Gasteiger partial charge in [-0.2, -0.15) is 0 Å². The molecule has 0 aliphatic carbocycles. The normalized spacial score (nSPS) is 11.7.